The van der Waals surface area contributed by atoms with Gasteiger partial charge in [-0.15, -0.1) is 0 Å². The molecule has 182 valence electrons. The van der Waals surface area contributed by atoms with Crippen LogP contribution < -0.4 is 20.2 Å². The summed E-state index contributed by atoms with van der Waals surface area (Å²) >= 11 is 6.92. The molecule has 0 saturated heterocycles. The molecular formula is C25H22Br2FN3O4. The number of benzene rings is 3. The quantitative estimate of drug-likeness (QED) is 0.173. The van der Waals surface area contributed by atoms with Crippen LogP contribution >= 0.6 is 31.9 Å². The summed E-state index contributed by atoms with van der Waals surface area (Å²) in [7, 11) is 0. The van der Waals surface area contributed by atoms with Crippen LogP contribution in [0.2, 0.25) is 0 Å². The maximum Gasteiger partial charge on any atom is 0.249 e. The number of hydrazone groups is 1. The molecule has 0 spiro atoms. The van der Waals surface area contributed by atoms with Crippen LogP contribution in [-0.4, -0.2) is 24.6 Å². The second-order valence-corrected chi connectivity index (χ2v) is 8.97. The van der Waals surface area contributed by atoms with E-state index < -0.39 is 24.1 Å². The van der Waals surface area contributed by atoms with Crippen molar-refractivity contribution in [2.45, 2.75) is 20.0 Å². The van der Waals surface area contributed by atoms with Crippen LogP contribution in [0, 0.1) is 5.82 Å². The topological polar surface area (TPSA) is 89.0 Å². The van der Waals surface area contributed by atoms with E-state index in [-0.39, 0.29) is 0 Å². The van der Waals surface area contributed by atoms with Gasteiger partial charge in [0.1, 0.15) is 18.8 Å². The summed E-state index contributed by atoms with van der Waals surface area (Å²) in [6.07, 6.45) is 0.993. The molecule has 0 fully saturated rings. The molecule has 3 rings (SSSR count). The number of nitrogens with zero attached hydrogens (tertiary/aromatic N) is 1. The standard InChI is InChI=1S/C25H22Br2FN3O4/c1-2-34-22-12-17(11-21(27)25(22)35-15-16-3-5-18(26)6-4-16)14-29-31-24(33)13-23(32)30-20-9-7-19(28)8-10-20/h3-12,14H,2,13,15H2,1H3,(H,30,32)(H,31,33). The molecule has 0 aliphatic rings. The lowest BCUT2D eigenvalue weighted by Crippen LogP contribution is -2.24. The number of ether oxygens (including phenoxy) is 2. The third kappa shape index (κ3) is 8.48. The van der Waals surface area contributed by atoms with E-state index in [1.807, 2.05) is 31.2 Å². The number of halogens is 3. The molecule has 0 atom stereocenters. The summed E-state index contributed by atoms with van der Waals surface area (Å²) in [5, 5.41) is 6.42. The Morgan fingerprint density at radius 2 is 1.71 bits per heavy atom. The van der Waals surface area contributed by atoms with Gasteiger partial charge in [-0.2, -0.15) is 5.10 Å². The molecule has 0 radical (unpaired) electrons. The minimum absolute atomic E-state index is 0.357. The molecule has 35 heavy (non-hydrogen) atoms. The van der Waals surface area contributed by atoms with Crippen molar-refractivity contribution < 1.29 is 23.5 Å². The van der Waals surface area contributed by atoms with Crippen LogP contribution in [0.5, 0.6) is 11.5 Å². The van der Waals surface area contributed by atoms with Gasteiger partial charge in [-0.3, -0.25) is 9.59 Å². The van der Waals surface area contributed by atoms with Crippen LogP contribution in [0.15, 0.2) is 74.7 Å². The Bertz CT molecular complexity index is 1200. The Balaban J connectivity index is 1.58. The molecule has 0 heterocycles. The maximum atomic E-state index is 12.9. The van der Waals surface area contributed by atoms with Gasteiger partial charge in [0.25, 0.3) is 0 Å². The predicted molar refractivity (Wildman–Crippen MR) is 139 cm³/mol. The van der Waals surface area contributed by atoms with Crippen molar-refractivity contribution in [1.82, 2.24) is 5.43 Å². The molecule has 0 bridgehead atoms. The summed E-state index contributed by atoms with van der Waals surface area (Å²) in [6.45, 7) is 2.65. The van der Waals surface area contributed by atoms with Gasteiger partial charge in [-0.05, 0) is 82.5 Å². The monoisotopic (exact) mass is 605 g/mol. The fourth-order valence-electron chi connectivity index (χ4n) is 2.90. The third-order valence-corrected chi connectivity index (χ3v) is 5.60. The van der Waals surface area contributed by atoms with E-state index in [9.17, 15) is 14.0 Å². The van der Waals surface area contributed by atoms with Crippen LogP contribution in [0.25, 0.3) is 0 Å². The Kier molecular flexibility index (Phi) is 9.80. The highest BCUT2D eigenvalue weighted by atomic mass is 79.9. The van der Waals surface area contributed by atoms with Gasteiger partial charge in [0.2, 0.25) is 11.8 Å². The van der Waals surface area contributed by atoms with Gasteiger partial charge in [-0.25, -0.2) is 9.82 Å². The van der Waals surface area contributed by atoms with E-state index >= 15 is 0 Å². The zero-order valence-corrected chi connectivity index (χ0v) is 21.9. The summed E-state index contributed by atoms with van der Waals surface area (Å²) in [5.74, 6) is -0.491. The molecule has 0 saturated carbocycles. The number of carbonyl (C=O) groups excluding carboxylic acids is 2. The first-order valence-electron chi connectivity index (χ1n) is 10.5. The Morgan fingerprint density at radius 3 is 2.40 bits per heavy atom. The van der Waals surface area contributed by atoms with E-state index in [0.717, 1.165) is 10.0 Å². The summed E-state index contributed by atoms with van der Waals surface area (Å²) in [5.41, 5.74) is 4.35. The number of amides is 2. The number of hydrogen-bond acceptors (Lipinski definition) is 5. The maximum absolute atomic E-state index is 12.9. The van der Waals surface area contributed by atoms with Crippen molar-refractivity contribution in [2.24, 2.45) is 5.10 Å². The fraction of sp³-hybridized carbons (Fsp3) is 0.160. The van der Waals surface area contributed by atoms with Crippen molar-refractivity contribution in [3.63, 3.8) is 0 Å². The van der Waals surface area contributed by atoms with Crippen molar-refractivity contribution in [3.8, 4) is 11.5 Å². The van der Waals surface area contributed by atoms with Gasteiger partial charge in [-0.1, -0.05) is 28.1 Å². The lowest BCUT2D eigenvalue weighted by Gasteiger charge is -2.14. The number of hydrogen-bond donors (Lipinski definition) is 2. The van der Waals surface area contributed by atoms with E-state index in [2.05, 4.69) is 47.7 Å². The SMILES string of the molecule is CCOc1cc(C=NNC(=O)CC(=O)Nc2ccc(F)cc2)cc(Br)c1OCc1ccc(Br)cc1. The van der Waals surface area contributed by atoms with Crippen molar-refractivity contribution in [1.29, 1.82) is 0 Å². The second-order valence-electron chi connectivity index (χ2n) is 7.20. The zero-order valence-electron chi connectivity index (χ0n) is 18.7. The van der Waals surface area contributed by atoms with Gasteiger partial charge in [0.05, 0.1) is 17.3 Å². The summed E-state index contributed by atoms with van der Waals surface area (Å²) in [6, 6.07) is 16.6. The fourth-order valence-corrected chi connectivity index (χ4v) is 3.74. The first-order chi connectivity index (χ1) is 16.8. The first kappa shape index (κ1) is 26.4. The Morgan fingerprint density at radius 1 is 1.00 bits per heavy atom. The zero-order chi connectivity index (χ0) is 25.2. The third-order valence-electron chi connectivity index (χ3n) is 4.48. The van der Waals surface area contributed by atoms with Gasteiger partial charge in [0.15, 0.2) is 11.5 Å². The molecule has 2 N–H and O–H groups in total. The van der Waals surface area contributed by atoms with Crippen molar-refractivity contribution in [2.75, 3.05) is 11.9 Å². The second kappa shape index (κ2) is 13.0. The average molecular weight is 607 g/mol. The average Bonchev–Trinajstić information content (AvgIpc) is 2.81. The summed E-state index contributed by atoms with van der Waals surface area (Å²) < 4.78 is 26.3. The minimum Gasteiger partial charge on any atom is -0.490 e. The number of rotatable bonds is 10. The molecule has 3 aromatic carbocycles. The molecule has 2 amide bonds. The lowest BCUT2D eigenvalue weighted by atomic mass is 10.2. The molecule has 3 aromatic rings. The largest absolute Gasteiger partial charge is 0.490 e. The summed E-state index contributed by atoms with van der Waals surface area (Å²) in [4.78, 5) is 24.0. The van der Waals surface area contributed by atoms with Crippen molar-refractivity contribution >= 4 is 55.6 Å². The van der Waals surface area contributed by atoms with Gasteiger partial charge >= 0.3 is 0 Å². The minimum atomic E-state index is -0.598. The molecule has 0 aliphatic carbocycles. The number of anilines is 1. The number of carbonyl (C=O) groups is 2. The first-order valence-corrected chi connectivity index (χ1v) is 12.1. The predicted octanol–water partition coefficient (Wildman–Crippen LogP) is 5.81. The smallest absolute Gasteiger partial charge is 0.249 e. The van der Waals surface area contributed by atoms with Crippen LogP contribution in [-0.2, 0) is 16.2 Å². The van der Waals surface area contributed by atoms with Crippen LogP contribution in [0.4, 0.5) is 10.1 Å². The van der Waals surface area contributed by atoms with Gasteiger partial charge < -0.3 is 14.8 Å². The van der Waals surface area contributed by atoms with E-state index in [1.54, 1.807) is 12.1 Å². The molecule has 0 aliphatic heterocycles. The molecule has 7 nitrogen and oxygen atoms in total. The molecule has 0 unspecified atom stereocenters. The van der Waals surface area contributed by atoms with Crippen LogP contribution in [0.3, 0.4) is 0 Å². The molecular weight excluding hydrogens is 585 g/mol. The highest BCUT2D eigenvalue weighted by Gasteiger charge is 2.13. The van der Waals surface area contributed by atoms with Crippen LogP contribution in [0.1, 0.15) is 24.5 Å². The van der Waals surface area contributed by atoms with E-state index in [1.165, 1.54) is 30.5 Å². The van der Waals surface area contributed by atoms with Crippen molar-refractivity contribution in [3.05, 3.63) is 86.6 Å². The normalized spacial score (nSPS) is 10.7. The molecule has 10 heteroatoms. The highest BCUT2D eigenvalue weighted by Crippen LogP contribution is 2.37. The Labute approximate surface area is 219 Å². The van der Waals surface area contributed by atoms with E-state index in [0.29, 0.717) is 40.4 Å². The Hall–Kier alpha value is -3.24. The molecule has 0 aromatic heterocycles. The van der Waals surface area contributed by atoms with E-state index in [4.69, 9.17) is 9.47 Å². The lowest BCUT2D eigenvalue weighted by molar-refractivity contribution is -0.126. The highest BCUT2D eigenvalue weighted by molar-refractivity contribution is 9.10. The number of nitrogens with one attached hydrogen (secondary N) is 2. The van der Waals surface area contributed by atoms with Gasteiger partial charge in [0, 0.05) is 10.2 Å².